The lowest BCUT2D eigenvalue weighted by Gasteiger charge is -2.14. The van der Waals surface area contributed by atoms with Crippen molar-refractivity contribution in [2.75, 3.05) is 17.7 Å². The van der Waals surface area contributed by atoms with Gasteiger partial charge in [-0.3, -0.25) is 9.78 Å². The molecule has 1 fully saturated rings. The first kappa shape index (κ1) is 20.0. The second kappa shape index (κ2) is 7.97. The van der Waals surface area contributed by atoms with Gasteiger partial charge in [0.1, 0.15) is 5.82 Å². The molecule has 3 aromatic rings. The molecule has 5 rings (SSSR count). The van der Waals surface area contributed by atoms with Crippen LogP contribution in [0, 0.1) is 24.2 Å². The topological polar surface area (TPSA) is 103 Å². The summed E-state index contributed by atoms with van der Waals surface area (Å²) >= 11 is 0. The molecule has 0 radical (unpaired) electrons. The van der Waals surface area contributed by atoms with Gasteiger partial charge in [-0.2, -0.15) is 5.26 Å². The van der Waals surface area contributed by atoms with Crippen molar-refractivity contribution in [3.05, 3.63) is 65.1 Å². The first-order chi connectivity index (χ1) is 15.6. The molecule has 32 heavy (non-hydrogen) atoms. The van der Waals surface area contributed by atoms with Gasteiger partial charge in [-0.05, 0) is 66.6 Å². The third kappa shape index (κ3) is 3.54. The molecule has 0 spiro atoms. The van der Waals surface area contributed by atoms with Crippen LogP contribution in [0.3, 0.4) is 0 Å². The van der Waals surface area contributed by atoms with Gasteiger partial charge in [-0.1, -0.05) is 6.07 Å². The molecular formula is C25H24N6O. The Hall–Kier alpha value is -3.92. The third-order valence-corrected chi connectivity index (χ3v) is 6.25. The van der Waals surface area contributed by atoms with Crippen LogP contribution in [0.2, 0.25) is 0 Å². The van der Waals surface area contributed by atoms with Crippen LogP contribution >= 0.6 is 0 Å². The fourth-order valence-corrected chi connectivity index (χ4v) is 4.37. The molecule has 1 aromatic carbocycles. The van der Waals surface area contributed by atoms with Gasteiger partial charge in [0.25, 0.3) is 5.91 Å². The minimum Gasteiger partial charge on any atom is -0.387 e. The van der Waals surface area contributed by atoms with Crippen molar-refractivity contribution in [1.29, 1.82) is 5.26 Å². The molecule has 3 N–H and O–H groups in total. The van der Waals surface area contributed by atoms with Gasteiger partial charge in [0.2, 0.25) is 0 Å². The molecule has 7 nitrogen and oxygen atoms in total. The zero-order valence-corrected chi connectivity index (χ0v) is 18.1. The van der Waals surface area contributed by atoms with E-state index in [1.54, 1.807) is 6.20 Å². The molecule has 3 heterocycles. The Morgan fingerprint density at radius 1 is 1.16 bits per heavy atom. The first-order valence-corrected chi connectivity index (χ1v) is 10.8. The van der Waals surface area contributed by atoms with E-state index in [9.17, 15) is 10.1 Å². The molecule has 7 heteroatoms. The summed E-state index contributed by atoms with van der Waals surface area (Å²) in [6.07, 6.45) is 5.82. The molecular weight excluding hydrogens is 400 g/mol. The molecule has 1 aliphatic heterocycles. The first-order valence-electron chi connectivity index (χ1n) is 10.8. The summed E-state index contributed by atoms with van der Waals surface area (Å²) in [6, 6.07) is 12.2. The Bertz CT molecular complexity index is 1240. The Balaban J connectivity index is 1.39. The third-order valence-electron chi connectivity index (χ3n) is 6.25. The number of hydrogen-bond donors (Lipinski definition) is 3. The van der Waals surface area contributed by atoms with Crippen molar-refractivity contribution < 1.29 is 4.79 Å². The quantitative estimate of drug-likeness (QED) is 0.538. The average Bonchev–Trinajstić information content (AvgIpc) is 3.57. The minimum absolute atomic E-state index is 0.0497. The van der Waals surface area contributed by atoms with Crippen molar-refractivity contribution in [3.8, 4) is 17.2 Å². The highest BCUT2D eigenvalue weighted by molar-refractivity contribution is 6.05. The number of nitrogens with one attached hydrogen (secondary N) is 3. The molecule has 1 unspecified atom stereocenters. The van der Waals surface area contributed by atoms with Crippen molar-refractivity contribution >= 4 is 23.1 Å². The van der Waals surface area contributed by atoms with E-state index in [-0.39, 0.29) is 11.8 Å². The van der Waals surface area contributed by atoms with Gasteiger partial charge < -0.3 is 16.0 Å². The number of carbonyl (C=O) groups excluding carboxylic acids is 1. The number of amides is 1. The second-order valence-corrected chi connectivity index (χ2v) is 8.37. The summed E-state index contributed by atoms with van der Waals surface area (Å²) in [6.45, 7) is 2.56. The van der Waals surface area contributed by atoms with Crippen LogP contribution in [0.5, 0.6) is 0 Å². The van der Waals surface area contributed by atoms with Gasteiger partial charge in [0, 0.05) is 31.0 Å². The number of anilines is 3. The van der Waals surface area contributed by atoms with Crippen molar-refractivity contribution in [3.63, 3.8) is 0 Å². The summed E-state index contributed by atoms with van der Waals surface area (Å²) in [7, 11) is 1.82. The standard InChI is InChI=1S/C25H24N6O/c1-14-9-23(31-16-5-7-21(28-11-16)18(10-26)15-3-4-15)29-12-19(14)17-6-8-22(27-2)24-20(17)13-30-25(24)32/h5-9,11-12,15,18,27H,3-4,13H2,1-2H3,(H,29,31)(H,30,32). The van der Waals surface area contributed by atoms with Crippen LogP contribution < -0.4 is 16.0 Å². The van der Waals surface area contributed by atoms with Crippen LogP contribution in [-0.4, -0.2) is 22.9 Å². The Morgan fingerprint density at radius 2 is 2.00 bits per heavy atom. The number of hydrogen-bond acceptors (Lipinski definition) is 6. The van der Waals surface area contributed by atoms with Crippen molar-refractivity contribution in [2.45, 2.75) is 32.2 Å². The minimum atomic E-state index is -0.110. The Labute approximate surface area is 186 Å². The van der Waals surface area contributed by atoms with Gasteiger partial charge in [-0.25, -0.2) is 4.98 Å². The Kier molecular flexibility index (Phi) is 4.98. The summed E-state index contributed by atoms with van der Waals surface area (Å²) in [4.78, 5) is 21.4. The van der Waals surface area contributed by atoms with Crippen LogP contribution in [-0.2, 0) is 6.54 Å². The van der Waals surface area contributed by atoms with Crippen molar-refractivity contribution in [1.82, 2.24) is 15.3 Å². The van der Waals surface area contributed by atoms with Crippen LogP contribution in [0.1, 0.15) is 45.9 Å². The molecule has 1 atom stereocenters. The smallest absolute Gasteiger partial charge is 0.254 e. The molecule has 2 aliphatic rings. The van der Waals surface area contributed by atoms with E-state index in [1.807, 2.05) is 50.5 Å². The maximum atomic E-state index is 12.3. The number of nitriles is 1. The van der Waals surface area contributed by atoms with Gasteiger partial charge in [0.15, 0.2) is 0 Å². The van der Waals surface area contributed by atoms with E-state index in [2.05, 4.69) is 32.0 Å². The zero-order chi connectivity index (χ0) is 22.2. The maximum Gasteiger partial charge on any atom is 0.254 e. The monoisotopic (exact) mass is 424 g/mol. The fourth-order valence-electron chi connectivity index (χ4n) is 4.37. The van der Waals surface area contributed by atoms with E-state index >= 15 is 0 Å². The zero-order valence-electron chi connectivity index (χ0n) is 18.1. The summed E-state index contributed by atoms with van der Waals surface area (Å²) in [5, 5.41) is 18.7. The SMILES string of the molecule is CNc1ccc(-c2cnc(Nc3ccc(C(C#N)C4CC4)nc3)cc2C)c2c1C(=O)NC2. The molecule has 1 saturated carbocycles. The molecule has 0 saturated heterocycles. The highest BCUT2D eigenvalue weighted by Crippen LogP contribution is 2.41. The van der Waals surface area contributed by atoms with E-state index in [0.717, 1.165) is 58.0 Å². The van der Waals surface area contributed by atoms with Gasteiger partial charge in [0.05, 0.1) is 35.1 Å². The highest BCUT2D eigenvalue weighted by Gasteiger charge is 2.33. The maximum absolute atomic E-state index is 12.3. The fraction of sp³-hybridized carbons (Fsp3) is 0.280. The molecule has 0 bridgehead atoms. The Morgan fingerprint density at radius 3 is 2.66 bits per heavy atom. The summed E-state index contributed by atoms with van der Waals surface area (Å²) < 4.78 is 0. The average molecular weight is 425 g/mol. The predicted octanol–water partition coefficient (Wildman–Crippen LogP) is 4.50. The number of nitrogens with zero attached hydrogens (tertiary/aromatic N) is 3. The van der Waals surface area contributed by atoms with Crippen LogP contribution in [0.25, 0.3) is 11.1 Å². The number of aromatic nitrogens is 2. The number of rotatable bonds is 6. The van der Waals surface area contributed by atoms with E-state index in [4.69, 9.17) is 0 Å². The summed E-state index contributed by atoms with van der Waals surface area (Å²) in [5.41, 5.74) is 7.28. The molecule has 2 aromatic heterocycles. The van der Waals surface area contributed by atoms with E-state index in [1.165, 1.54) is 0 Å². The number of benzene rings is 1. The number of pyridine rings is 2. The number of aryl methyl sites for hydroxylation is 1. The number of fused-ring (bicyclic) bond motifs is 1. The second-order valence-electron chi connectivity index (χ2n) is 8.37. The molecule has 1 aliphatic carbocycles. The van der Waals surface area contributed by atoms with Crippen LogP contribution in [0.15, 0.2) is 42.7 Å². The van der Waals surface area contributed by atoms with Gasteiger partial charge >= 0.3 is 0 Å². The summed E-state index contributed by atoms with van der Waals surface area (Å²) in [5.74, 6) is 1.02. The lowest BCUT2D eigenvalue weighted by Crippen LogP contribution is -2.13. The lowest BCUT2D eigenvalue weighted by atomic mass is 9.94. The highest BCUT2D eigenvalue weighted by atomic mass is 16.1. The van der Waals surface area contributed by atoms with Crippen LogP contribution in [0.4, 0.5) is 17.2 Å². The lowest BCUT2D eigenvalue weighted by molar-refractivity contribution is 0.0966. The normalized spacial score (nSPS) is 15.5. The van der Waals surface area contributed by atoms with Gasteiger partial charge in [-0.15, -0.1) is 0 Å². The van der Waals surface area contributed by atoms with E-state index in [0.29, 0.717) is 18.0 Å². The van der Waals surface area contributed by atoms with Crippen molar-refractivity contribution in [2.24, 2.45) is 5.92 Å². The molecule has 160 valence electrons. The largest absolute Gasteiger partial charge is 0.387 e. The van der Waals surface area contributed by atoms with E-state index < -0.39 is 0 Å². The number of carbonyl (C=O) groups is 1. The predicted molar refractivity (Wildman–Crippen MR) is 124 cm³/mol. The molecule has 1 amide bonds.